The summed E-state index contributed by atoms with van der Waals surface area (Å²) in [5.41, 5.74) is 1.50. The van der Waals surface area contributed by atoms with Crippen molar-refractivity contribution >= 4 is 50.6 Å². The number of benzene rings is 1. The zero-order chi connectivity index (χ0) is 22.1. The van der Waals surface area contributed by atoms with Gasteiger partial charge in [0.1, 0.15) is 5.75 Å². The lowest BCUT2D eigenvalue weighted by atomic mass is 9.96. The van der Waals surface area contributed by atoms with Gasteiger partial charge in [0.2, 0.25) is 0 Å². The number of carbonyl (C=O) groups is 1. The van der Waals surface area contributed by atoms with E-state index in [4.69, 9.17) is 9.47 Å². The van der Waals surface area contributed by atoms with E-state index >= 15 is 0 Å². The van der Waals surface area contributed by atoms with Gasteiger partial charge in [0.05, 0.1) is 39.3 Å². The Morgan fingerprint density at radius 1 is 1.23 bits per heavy atom. The first-order chi connectivity index (χ1) is 14.9. The number of esters is 1. The summed E-state index contributed by atoms with van der Waals surface area (Å²) in [5.74, 6) is 0.221. The summed E-state index contributed by atoms with van der Waals surface area (Å²) < 4.78 is 13.7. The standard InChI is InChI=1S/C22H19BrN2O4S2/c1-4-29-21(27)18-12(2)24-22-25(19(18)13-5-7-14(28-3)8-6-13)20(26)16(31-22)11-15-9-10-17(23)30-15/h5-11,19H,4H2,1-3H3/b16-11-/t19-/m1/s1. The minimum atomic E-state index is -0.626. The minimum absolute atomic E-state index is 0.191. The molecule has 0 spiro atoms. The Hall–Kier alpha value is -2.49. The lowest BCUT2D eigenvalue weighted by Gasteiger charge is -2.24. The highest BCUT2D eigenvalue weighted by molar-refractivity contribution is 9.11. The van der Waals surface area contributed by atoms with Gasteiger partial charge < -0.3 is 9.47 Å². The molecule has 0 N–H and O–H groups in total. The number of fused-ring (bicyclic) bond motifs is 1. The van der Waals surface area contributed by atoms with Crippen molar-refractivity contribution in [1.82, 2.24) is 4.57 Å². The van der Waals surface area contributed by atoms with Crippen LogP contribution in [0.15, 0.2) is 61.2 Å². The molecular weight excluding hydrogens is 500 g/mol. The van der Waals surface area contributed by atoms with Gasteiger partial charge in [0, 0.05) is 4.88 Å². The molecule has 0 radical (unpaired) electrons. The van der Waals surface area contributed by atoms with Crippen LogP contribution in [0.2, 0.25) is 0 Å². The molecule has 1 atom stereocenters. The number of methoxy groups -OCH3 is 1. The van der Waals surface area contributed by atoms with E-state index in [2.05, 4.69) is 20.9 Å². The summed E-state index contributed by atoms with van der Waals surface area (Å²) in [4.78, 5) is 32.4. The number of rotatable bonds is 5. The van der Waals surface area contributed by atoms with E-state index in [1.807, 2.05) is 42.5 Å². The van der Waals surface area contributed by atoms with Crippen LogP contribution >= 0.6 is 38.6 Å². The highest BCUT2D eigenvalue weighted by Gasteiger charge is 2.33. The number of hydrogen-bond acceptors (Lipinski definition) is 7. The fourth-order valence-electron chi connectivity index (χ4n) is 3.43. The number of thiophene rings is 1. The van der Waals surface area contributed by atoms with Gasteiger partial charge in [-0.15, -0.1) is 11.3 Å². The Kier molecular flexibility index (Phi) is 6.27. The predicted molar refractivity (Wildman–Crippen MR) is 125 cm³/mol. The molecule has 31 heavy (non-hydrogen) atoms. The maximum atomic E-state index is 13.4. The van der Waals surface area contributed by atoms with Crippen LogP contribution in [0, 0.1) is 0 Å². The van der Waals surface area contributed by atoms with Crippen LogP contribution in [0.25, 0.3) is 6.08 Å². The summed E-state index contributed by atoms with van der Waals surface area (Å²) in [7, 11) is 1.59. The van der Waals surface area contributed by atoms with Crippen molar-refractivity contribution in [1.29, 1.82) is 0 Å². The highest BCUT2D eigenvalue weighted by atomic mass is 79.9. The molecule has 2 aromatic heterocycles. The normalized spacial score (nSPS) is 16.1. The zero-order valence-electron chi connectivity index (χ0n) is 17.0. The molecule has 9 heteroatoms. The first-order valence-corrected chi connectivity index (χ1v) is 11.9. The van der Waals surface area contributed by atoms with Crippen LogP contribution in [0.5, 0.6) is 5.75 Å². The van der Waals surface area contributed by atoms with Crippen molar-refractivity contribution in [2.24, 2.45) is 4.99 Å². The first kappa shape index (κ1) is 21.7. The monoisotopic (exact) mass is 518 g/mol. The summed E-state index contributed by atoms with van der Waals surface area (Å²) in [6.45, 7) is 3.77. The number of nitrogens with zero attached hydrogens (tertiary/aromatic N) is 2. The van der Waals surface area contributed by atoms with Crippen LogP contribution in [0.3, 0.4) is 0 Å². The number of thiazole rings is 1. The largest absolute Gasteiger partial charge is 0.497 e. The molecule has 0 saturated heterocycles. The van der Waals surface area contributed by atoms with E-state index in [0.717, 1.165) is 14.2 Å². The molecule has 1 aliphatic rings. The maximum Gasteiger partial charge on any atom is 0.338 e. The smallest absolute Gasteiger partial charge is 0.338 e. The van der Waals surface area contributed by atoms with Crippen LogP contribution in [0.4, 0.5) is 0 Å². The molecular formula is C22H19BrN2O4S2. The number of allylic oxidation sites excluding steroid dienone is 1. The lowest BCUT2D eigenvalue weighted by molar-refractivity contribution is -0.139. The molecule has 0 bridgehead atoms. The van der Waals surface area contributed by atoms with E-state index < -0.39 is 12.0 Å². The summed E-state index contributed by atoms with van der Waals surface area (Å²) in [6, 6.07) is 10.6. The van der Waals surface area contributed by atoms with Crippen molar-refractivity contribution in [3.63, 3.8) is 0 Å². The molecule has 0 aliphatic carbocycles. The van der Waals surface area contributed by atoms with E-state index in [0.29, 0.717) is 26.4 Å². The average Bonchev–Trinajstić information content (AvgIpc) is 3.30. The van der Waals surface area contributed by atoms with Gasteiger partial charge in [-0.1, -0.05) is 23.5 Å². The summed E-state index contributed by atoms with van der Waals surface area (Å²) in [5, 5.41) is 0. The SMILES string of the molecule is CCOC(=O)C1=C(C)N=c2s/c(=C\c3ccc(Br)s3)c(=O)n2[C@@H]1c1ccc(OC)cc1. The molecule has 3 aromatic rings. The first-order valence-electron chi connectivity index (χ1n) is 9.52. The fourth-order valence-corrected chi connectivity index (χ4v) is 5.91. The number of hydrogen-bond donors (Lipinski definition) is 0. The Balaban J connectivity index is 1.94. The number of aromatic nitrogens is 1. The Morgan fingerprint density at radius 2 is 1.97 bits per heavy atom. The molecule has 160 valence electrons. The van der Waals surface area contributed by atoms with Crippen molar-refractivity contribution in [2.45, 2.75) is 19.9 Å². The van der Waals surface area contributed by atoms with Gasteiger partial charge in [-0.3, -0.25) is 9.36 Å². The average molecular weight is 519 g/mol. The van der Waals surface area contributed by atoms with Gasteiger partial charge in [0.25, 0.3) is 5.56 Å². The molecule has 1 aliphatic heterocycles. The third-order valence-corrected chi connectivity index (χ3v) is 7.37. The molecule has 3 heterocycles. The quantitative estimate of drug-likeness (QED) is 0.483. The van der Waals surface area contributed by atoms with Crippen molar-refractivity contribution in [3.8, 4) is 5.75 Å². The second-order valence-electron chi connectivity index (χ2n) is 6.72. The van der Waals surface area contributed by atoms with E-state index in [9.17, 15) is 9.59 Å². The Morgan fingerprint density at radius 3 is 2.58 bits per heavy atom. The molecule has 6 nitrogen and oxygen atoms in total. The predicted octanol–water partition coefficient (Wildman–Crippen LogP) is 3.63. The third-order valence-electron chi connectivity index (χ3n) is 4.82. The van der Waals surface area contributed by atoms with Crippen molar-refractivity contribution in [3.05, 3.63) is 81.6 Å². The maximum absolute atomic E-state index is 13.4. The van der Waals surface area contributed by atoms with Gasteiger partial charge in [-0.05, 0) is 65.7 Å². The van der Waals surface area contributed by atoms with Gasteiger partial charge in [0.15, 0.2) is 4.80 Å². The van der Waals surface area contributed by atoms with Crippen molar-refractivity contribution < 1.29 is 14.3 Å². The van der Waals surface area contributed by atoms with Gasteiger partial charge >= 0.3 is 5.97 Å². The second kappa shape index (κ2) is 8.94. The van der Waals surface area contributed by atoms with Crippen molar-refractivity contribution in [2.75, 3.05) is 13.7 Å². The second-order valence-corrected chi connectivity index (χ2v) is 10.2. The molecule has 0 fully saturated rings. The molecule has 0 unspecified atom stereocenters. The third kappa shape index (κ3) is 4.17. The highest BCUT2D eigenvalue weighted by Crippen LogP contribution is 2.31. The van der Waals surface area contributed by atoms with Gasteiger partial charge in [-0.25, -0.2) is 9.79 Å². The number of ether oxygens (including phenoxy) is 2. The number of carbonyl (C=O) groups excluding carboxylic acids is 1. The van der Waals surface area contributed by atoms with Crippen LogP contribution in [-0.2, 0) is 9.53 Å². The Bertz CT molecular complexity index is 1350. The summed E-state index contributed by atoms with van der Waals surface area (Å²) >= 11 is 6.30. The van der Waals surface area contributed by atoms with Crippen LogP contribution in [0.1, 0.15) is 30.3 Å². The van der Waals surface area contributed by atoms with E-state index in [-0.39, 0.29) is 12.2 Å². The molecule has 0 amide bonds. The Labute approximate surface area is 194 Å². The minimum Gasteiger partial charge on any atom is -0.497 e. The summed E-state index contributed by atoms with van der Waals surface area (Å²) in [6.07, 6.45) is 1.85. The lowest BCUT2D eigenvalue weighted by Crippen LogP contribution is -2.39. The van der Waals surface area contributed by atoms with Crippen LogP contribution < -0.4 is 19.6 Å². The zero-order valence-corrected chi connectivity index (χ0v) is 20.3. The molecule has 0 saturated carbocycles. The van der Waals surface area contributed by atoms with Crippen LogP contribution in [-0.4, -0.2) is 24.3 Å². The van der Waals surface area contributed by atoms with E-state index in [1.54, 1.807) is 36.9 Å². The fraction of sp³-hybridized carbons (Fsp3) is 0.227. The molecule has 4 rings (SSSR count). The van der Waals surface area contributed by atoms with E-state index in [1.165, 1.54) is 11.3 Å². The van der Waals surface area contributed by atoms with Gasteiger partial charge in [-0.2, -0.15) is 0 Å². The molecule has 1 aromatic carbocycles. The number of halogens is 1. The topological polar surface area (TPSA) is 69.9 Å².